The molecule has 18 heavy (non-hydrogen) atoms. The van der Waals surface area contributed by atoms with Crippen LogP contribution in [-0.2, 0) is 0 Å². The van der Waals surface area contributed by atoms with Crippen LogP contribution in [0.3, 0.4) is 0 Å². The highest BCUT2D eigenvalue weighted by Gasteiger charge is 2.09. The molecule has 2 nitrogen and oxygen atoms in total. The van der Waals surface area contributed by atoms with Crippen LogP contribution in [0.1, 0.15) is 5.56 Å². The van der Waals surface area contributed by atoms with Gasteiger partial charge in [0.05, 0.1) is 16.1 Å². The van der Waals surface area contributed by atoms with Gasteiger partial charge >= 0.3 is 0 Å². The highest BCUT2D eigenvalue weighted by molar-refractivity contribution is 6.33. The molecule has 90 valence electrons. The van der Waals surface area contributed by atoms with Crippen molar-refractivity contribution in [1.82, 2.24) is 9.97 Å². The van der Waals surface area contributed by atoms with E-state index in [0.717, 1.165) is 16.6 Å². The fourth-order valence-electron chi connectivity index (χ4n) is 1.93. The van der Waals surface area contributed by atoms with E-state index in [2.05, 4.69) is 9.97 Å². The van der Waals surface area contributed by atoms with Gasteiger partial charge in [0.2, 0.25) is 0 Å². The summed E-state index contributed by atoms with van der Waals surface area (Å²) in [6.45, 7) is 2.02. The fourth-order valence-corrected chi connectivity index (χ4v) is 2.19. The third-order valence-electron chi connectivity index (χ3n) is 2.82. The lowest BCUT2D eigenvalue weighted by Gasteiger charge is -1.99. The first-order valence-electron chi connectivity index (χ1n) is 5.55. The van der Waals surface area contributed by atoms with Gasteiger partial charge < -0.3 is 4.98 Å². The standard InChI is InChI=1S/C14H10ClFN2/c1-8-2-5-12-13(6-8)18-14(17-12)10-4-3-9(16)7-11(10)15/h2-7H,1H3,(H,17,18). The molecule has 2 aromatic carbocycles. The summed E-state index contributed by atoms with van der Waals surface area (Å²) < 4.78 is 13.0. The predicted molar refractivity (Wildman–Crippen MR) is 71.2 cm³/mol. The summed E-state index contributed by atoms with van der Waals surface area (Å²) in [4.78, 5) is 7.65. The maximum atomic E-state index is 13.0. The summed E-state index contributed by atoms with van der Waals surface area (Å²) in [7, 11) is 0. The summed E-state index contributed by atoms with van der Waals surface area (Å²) in [6.07, 6.45) is 0. The zero-order valence-electron chi connectivity index (χ0n) is 9.67. The SMILES string of the molecule is Cc1ccc2nc(-c3ccc(F)cc3Cl)[nH]c2c1. The van der Waals surface area contributed by atoms with E-state index in [4.69, 9.17) is 11.6 Å². The van der Waals surface area contributed by atoms with Crippen molar-refractivity contribution in [2.75, 3.05) is 0 Å². The van der Waals surface area contributed by atoms with Gasteiger partial charge in [-0.25, -0.2) is 9.37 Å². The summed E-state index contributed by atoms with van der Waals surface area (Å²) in [6, 6.07) is 10.3. The quantitative estimate of drug-likeness (QED) is 0.693. The number of aromatic nitrogens is 2. The highest BCUT2D eigenvalue weighted by Crippen LogP contribution is 2.28. The number of fused-ring (bicyclic) bond motifs is 1. The number of hydrogen-bond donors (Lipinski definition) is 1. The van der Waals surface area contributed by atoms with Crippen molar-refractivity contribution in [3.8, 4) is 11.4 Å². The van der Waals surface area contributed by atoms with E-state index in [1.54, 1.807) is 6.07 Å². The Labute approximate surface area is 108 Å². The van der Waals surface area contributed by atoms with Crippen molar-refractivity contribution >= 4 is 22.6 Å². The number of nitrogens with one attached hydrogen (secondary N) is 1. The number of halogens is 2. The van der Waals surface area contributed by atoms with Crippen LogP contribution < -0.4 is 0 Å². The van der Waals surface area contributed by atoms with Crippen molar-refractivity contribution in [3.63, 3.8) is 0 Å². The van der Waals surface area contributed by atoms with Gasteiger partial charge in [0.15, 0.2) is 0 Å². The van der Waals surface area contributed by atoms with Gasteiger partial charge in [-0.2, -0.15) is 0 Å². The largest absolute Gasteiger partial charge is 0.338 e. The fraction of sp³-hybridized carbons (Fsp3) is 0.0714. The minimum absolute atomic E-state index is 0.351. The van der Waals surface area contributed by atoms with E-state index in [1.165, 1.54) is 12.1 Å². The Kier molecular flexibility index (Phi) is 2.56. The van der Waals surface area contributed by atoms with Gasteiger partial charge in [-0.15, -0.1) is 0 Å². The minimum atomic E-state index is -0.351. The van der Waals surface area contributed by atoms with E-state index in [-0.39, 0.29) is 5.82 Å². The van der Waals surface area contributed by atoms with Gasteiger partial charge in [0.25, 0.3) is 0 Å². The predicted octanol–water partition coefficient (Wildman–Crippen LogP) is 4.33. The smallest absolute Gasteiger partial charge is 0.140 e. The van der Waals surface area contributed by atoms with Crippen molar-refractivity contribution < 1.29 is 4.39 Å². The molecule has 0 spiro atoms. The van der Waals surface area contributed by atoms with Crippen LogP contribution in [-0.4, -0.2) is 9.97 Å². The zero-order valence-corrected chi connectivity index (χ0v) is 10.4. The van der Waals surface area contributed by atoms with E-state index in [9.17, 15) is 4.39 Å². The number of aryl methyl sites for hydroxylation is 1. The molecule has 3 rings (SSSR count). The summed E-state index contributed by atoms with van der Waals surface area (Å²) in [5.41, 5.74) is 3.68. The van der Waals surface area contributed by atoms with Crippen molar-refractivity contribution in [3.05, 3.63) is 52.8 Å². The van der Waals surface area contributed by atoms with Crippen LogP contribution in [0, 0.1) is 12.7 Å². The van der Waals surface area contributed by atoms with Gasteiger partial charge in [0, 0.05) is 5.56 Å². The second kappa shape index (κ2) is 4.10. The molecule has 0 saturated carbocycles. The summed E-state index contributed by atoms with van der Waals surface area (Å²) in [5, 5.41) is 0.353. The number of nitrogens with zero attached hydrogens (tertiary/aromatic N) is 1. The Morgan fingerprint density at radius 2 is 2.00 bits per heavy atom. The van der Waals surface area contributed by atoms with E-state index in [0.29, 0.717) is 16.4 Å². The highest BCUT2D eigenvalue weighted by atomic mass is 35.5. The molecule has 1 N–H and O–H groups in total. The Balaban J connectivity index is 2.19. The van der Waals surface area contributed by atoms with Crippen molar-refractivity contribution in [2.45, 2.75) is 6.92 Å². The topological polar surface area (TPSA) is 28.7 Å². The second-order valence-electron chi connectivity index (χ2n) is 4.23. The summed E-state index contributed by atoms with van der Waals surface area (Å²) >= 11 is 6.02. The number of benzene rings is 2. The Hall–Kier alpha value is -1.87. The average molecular weight is 261 g/mol. The molecular formula is C14H10ClFN2. The molecule has 1 aromatic heterocycles. The lowest BCUT2D eigenvalue weighted by molar-refractivity contribution is 0.628. The zero-order chi connectivity index (χ0) is 12.7. The normalized spacial score (nSPS) is 11.1. The monoisotopic (exact) mass is 260 g/mol. The maximum absolute atomic E-state index is 13.0. The third-order valence-corrected chi connectivity index (χ3v) is 3.14. The Morgan fingerprint density at radius 3 is 2.78 bits per heavy atom. The van der Waals surface area contributed by atoms with Gasteiger partial charge in [-0.3, -0.25) is 0 Å². The van der Waals surface area contributed by atoms with Crippen LogP contribution in [0.4, 0.5) is 4.39 Å². The van der Waals surface area contributed by atoms with Crippen LogP contribution in [0.2, 0.25) is 5.02 Å². The molecule has 0 aliphatic rings. The second-order valence-corrected chi connectivity index (χ2v) is 4.64. The lowest BCUT2D eigenvalue weighted by atomic mass is 10.2. The van der Waals surface area contributed by atoms with Crippen LogP contribution in [0.15, 0.2) is 36.4 Å². The molecule has 0 unspecified atom stereocenters. The number of H-pyrrole nitrogens is 1. The number of rotatable bonds is 1. The van der Waals surface area contributed by atoms with E-state index < -0.39 is 0 Å². The van der Waals surface area contributed by atoms with Crippen molar-refractivity contribution in [2.24, 2.45) is 0 Å². The maximum Gasteiger partial charge on any atom is 0.140 e. The number of imidazole rings is 1. The first-order chi connectivity index (χ1) is 8.63. The molecular weight excluding hydrogens is 251 g/mol. The van der Waals surface area contributed by atoms with E-state index in [1.807, 2.05) is 25.1 Å². The average Bonchev–Trinajstić information content (AvgIpc) is 2.71. The molecule has 0 aliphatic carbocycles. The molecule has 0 saturated heterocycles. The molecule has 3 aromatic rings. The molecule has 0 aliphatic heterocycles. The van der Waals surface area contributed by atoms with Crippen LogP contribution in [0.25, 0.3) is 22.4 Å². The van der Waals surface area contributed by atoms with E-state index >= 15 is 0 Å². The molecule has 0 atom stereocenters. The third kappa shape index (κ3) is 1.87. The number of aromatic amines is 1. The molecule has 1 heterocycles. The molecule has 0 amide bonds. The lowest BCUT2D eigenvalue weighted by Crippen LogP contribution is -1.83. The van der Waals surface area contributed by atoms with Gasteiger partial charge in [0.1, 0.15) is 11.6 Å². The summed E-state index contributed by atoms with van der Waals surface area (Å²) in [5.74, 6) is 0.302. The Morgan fingerprint density at radius 1 is 1.17 bits per heavy atom. The van der Waals surface area contributed by atoms with Crippen LogP contribution >= 0.6 is 11.6 Å². The van der Waals surface area contributed by atoms with Crippen molar-refractivity contribution in [1.29, 1.82) is 0 Å². The molecule has 4 heteroatoms. The molecule has 0 fully saturated rings. The first kappa shape index (κ1) is 11.2. The number of hydrogen-bond acceptors (Lipinski definition) is 1. The molecule has 0 bridgehead atoms. The van der Waals surface area contributed by atoms with Gasteiger partial charge in [-0.1, -0.05) is 17.7 Å². The Bertz CT molecular complexity index is 734. The van der Waals surface area contributed by atoms with Gasteiger partial charge in [-0.05, 0) is 42.8 Å². The molecule has 0 radical (unpaired) electrons. The van der Waals surface area contributed by atoms with Crippen LogP contribution in [0.5, 0.6) is 0 Å². The minimum Gasteiger partial charge on any atom is -0.338 e. The first-order valence-corrected chi connectivity index (χ1v) is 5.93.